The van der Waals surface area contributed by atoms with E-state index in [1.807, 2.05) is 23.5 Å². The van der Waals surface area contributed by atoms with Gasteiger partial charge in [0, 0.05) is 50.4 Å². The number of thiophene rings is 1. The molecule has 3 aliphatic carbocycles. The van der Waals surface area contributed by atoms with Gasteiger partial charge in [-0.2, -0.15) is 0 Å². The van der Waals surface area contributed by atoms with E-state index in [0.717, 1.165) is 6.42 Å². The normalized spacial score (nSPS) is 18.9. The molecule has 3 heteroatoms. The summed E-state index contributed by atoms with van der Waals surface area (Å²) in [6, 6.07) is 31.7. The van der Waals surface area contributed by atoms with E-state index >= 15 is 0 Å². The fourth-order valence-corrected chi connectivity index (χ4v) is 9.68. The fraction of sp³-hybridized carbons (Fsp3) is 0.140. The Kier molecular flexibility index (Phi) is 6.32. The first kappa shape index (κ1) is 27.7. The number of aromatic nitrogens is 1. The summed E-state index contributed by atoms with van der Waals surface area (Å²) >= 11 is 6.99. The average molecular weight is 628 g/mol. The van der Waals surface area contributed by atoms with Gasteiger partial charge in [0.25, 0.3) is 0 Å². The molecule has 2 atom stereocenters. The van der Waals surface area contributed by atoms with Gasteiger partial charge in [0.15, 0.2) is 0 Å². The van der Waals surface area contributed by atoms with Crippen LogP contribution in [0, 0.1) is 0 Å². The van der Waals surface area contributed by atoms with Gasteiger partial charge in [-0.3, -0.25) is 0 Å². The highest BCUT2D eigenvalue weighted by atomic mass is 32.1. The lowest BCUT2D eigenvalue weighted by molar-refractivity contribution is 0.425. The number of fused-ring (bicyclic) bond motifs is 10. The molecule has 6 aromatic rings. The van der Waals surface area contributed by atoms with Crippen molar-refractivity contribution in [3.63, 3.8) is 0 Å². The number of hydrogen-bond donors (Lipinski definition) is 0. The summed E-state index contributed by atoms with van der Waals surface area (Å²) in [5.74, 6) is 0.895. The molecule has 0 aliphatic heterocycles. The van der Waals surface area contributed by atoms with Gasteiger partial charge in [-0.1, -0.05) is 117 Å². The van der Waals surface area contributed by atoms with Crippen molar-refractivity contribution in [1.82, 2.24) is 4.57 Å². The minimum Gasteiger partial charge on any atom is -0.316 e. The minimum absolute atomic E-state index is 0.0340. The van der Waals surface area contributed by atoms with E-state index in [4.69, 9.17) is 12.2 Å². The highest BCUT2D eigenvalue weighted by molar-refractivity contribution is 7.79. The van der Waals surface area contributed by atoms with Gasteiger partial charge < -0.3 is 4.57 Å². The highest BCUT2D eigenvalue weighted by Crippen LogP contribution is 2.61. The van der Waals surface area contributed by atoms with Crippen LogP contribution in [0.2, 0.25) is 0 Å². The van der Waals surface area contributed by atoms with E-state index in [0.29, 0.717) is 11.8 Å². The Morgan fingerprint density at radius 3 is 2.26 bits per heavy atom. The molecule has 222 valence electrons. The zero-order valence-electron chi connectivity index (χ0n) is 25.9. The Balaban J connectivity index is 1.18. The molecule has 2 aromatic heterocycles. The Bertz CT molecular complexity index is 2340. The third-order valence-electron chi connectivity index (χ3n) is 10.5. The molecule has 2 unspecified atom stereocenters. The number of thiocarbonyl (C=S) groups is 1. The van der Waals surface area contributed by atoms with Crippen molar-refractivity contribution >= 4 is 69.1 Å². The van der Waals surface area contributed by atoms with Crippen LogP contribution in [0.15, 0.2) is 115 Å². The number of benzene rings is 4. The lowest BCUT2D eigenvalue weighted by Gasteiger charge is -2.33. The molecule has 1 nitrogen and oxygen atoms in total. The second kappa shape index (κ2) is 10.5. The van der Waals surface area contributed by atoms with Crippen LogP contribution in [0.4, 0.5) is 0 Å². The second-order valence-electron chi connectivity index (χ2n) is 13.3. The third-order valence-corrected chi connectivity index (χ3v) is 11.8. The number of nitrogens with zero attached hydrogens (tertiary/aromatic N) is 1. The van der Waals surface area contributed by atoms with Crippen molar-refractivity contribution < 1.29 is 0 Å². The molecule has 0 N–H and O–H groups in total. The maximum Gasteiger partial charge on any atom is 0.0535 e. The molecule has 0 fully saturated rings. The van der Waals surface area contributed by atoms with Crippen LogP contribution in [-0.4, -0.2) is 9.93 Å². The first-order valence-electron chi connectivity index (χ1n) is 16.1. The Hall–Kier alpha value is -4.57. The molecule has 46 heavy (non-hydrogen) atoms. The summed E-state index contributed by atoms with van der Waals surface area (Å²) in [7, 11) is 0. The van der Waals surface area contributed by atoms with Crippen molar-refractivity contribution in [1.29, 1.82) is 0 Å². The molecule has 0 bridgehead atoms. The van der Waals surface area contributed by atoms with Gasteiger partial charge in [0.05, 0.1) is 11.0 Å². The zero-order valence-corrected chi connectivity index (χ0v) is 27.5. The quantitative estimate of drug-likeness (QED) is 0.105. The molecule has 4 aromatic carbocycles. The maximum absolute atomic E-state index is 4.99. The van der Waals surface area contributed by atoms with E-state index < -0.39 is 0 Å². The Morgan fingerprint density at radius 2 is 1.50 bits per heavy atom. The topological polar surface area (TPSA) is 4.93 Å². The summed E-state index contributed by atoms with van der Waals surface area (Å²) in [4.78, 5) is 3.01. The van der Waals surface area contributed by atoms with Crippen LogP contribution >= 0.6 is 23.6 Å². The van der Waals surface area contributed by atoms with Crippen LogP contribution in [0.3, 0.4) is 0 Å². The molecule has 0 radical (unpaired) electrons. The summed E-state index contributed by atoms with van der Waals surface area (Å²) in [5.41, 5.74) is 13.5. The minimum atomic E-state index is 0.0340. The van der Waals surface area contributed by atoms with E-state index in [1.54, 1.807) is 10.9 Å². The SMILES string of the molecule is CC1(C)c2cc(-c3ccc4c(c3)c3cc(-c5ccccc5)ccc3n4/C=C/C=C\C=S)ccc2C2C=Cc3sc4c(c3C21)C=CC4. The molecule has 2 heterocycles. The van der Waals surface area contributed by atoms with Crippen LogP contribution in [0.25, 0.3) is 62.4 Å². The smallest absolute Gasteiger partial charge is 0.0535 e. The number of allylic oxidation sites excluding steroid dienone is 5. The number of rotatable bonds is 5. The van der Waals surface area contributed by atoms with Crippen LogP contribution in [0.1, 0.15) is 57.7 Å². The van der Waals surface area contributed by atoms with Gasteiger partial charge in [-0.05, 0) is 86.3 Å². The maximum atomic E-state index is 4.99. The van der Waals surface area contributed by atoms with Gasteiger partial charge in [-0.25, -0.2) is 0 Å². The molecule has 3 aliphatic rings. The average Bonchev–Trinajstić information content (AvgIpc) is 3.82. The monoisotopic (exact) mass is 627 g/mol. The Morgan fingerprint density at radius 1 is 0.783 bits per heavy atom. The van der Waals surface area contributed by atoms with E-state index in [1.165, 1.54) is 70.5 Å². The van der Waals surface area contributed by atoms with Gasteiger partial charge in [-0.15, -0.1) is 11.3 Å². The van der Waals surface area contributed by atoms with Crippen molar-refractivity contribution in [2.75, 3.05) is 0 Å². The van der Waals surface area contributed by atoms with Crippen LogP contribution in [0.5, 0.6) is 0 Å². The summed E-state index contributed by atoms with van der Waals surface area (Å²) in [5, 5.41) is 4.15. The van der Waals surface area contributed by atoms with Crippen molar-refractivity contribution in [3.8, 4) is 22.3 Å². The van der Waals surface area contributed by atoms with Crippen LogP contribution in [-0.2, 0) is 11.8 Å². The predicted octanol–water partition coefficient (Wildman–Crippen LogP) is 12.0. The second-order valence-corrected chi connectivity index (χ2v) is 14.7. The molecular formula is C43H33NS2. The largest absolute Gasteiger partial charge is 0.316 e. The lowest BCUT2D eigenvalue weighted by atomic mass is 9.69. The third kappa shape index (κ3) is 4.08. The number of hydrogen-bond acceptors (Lipinski definition) is 2. The molecule has 0 saturated carbocycles. The first-order chi connectivity index (χ1) is 22.5. The zero-order chi connectivity index (χ0) is 31.0. The molecule has 0 amide bonds. The summed E-state index contributed by atoms with van der Waals surface area (Å²) < 4.78 is 2.30. The Labute approximate surface area is 279 Å². The fourth-order valence-electron chi connectivity index (χ4n) is 8.36. The molecular weight excluding hydrogens is 595 g/mol. The van der Waals surface area contributed by atoms with Gasteiger partial charge in [0.2, 0.25) is 0 Å². The van der Waals surface area contributed by atoms with Crippen molar-refractivity contribution in [3.05, 3.63) is 147 Å². The van der Waals surface area contributed by atoms with Crippen molar-refractivity contribution in [2.24, 2.45) is 0 Å². The standard InChI is InChI=1S/C43H33NS2/c1-43(2)36-26-30(14-17-31(36)32-18-21-40-41(42(32)43)33-12-9-13-39(33)46-40)29-16-20-38-35(25-29)34-24-28(27-10-5-3-6-11-27)15-19-37(34)44(38)22-7-4-8-23-45/h3-12,14-26,32,42H,13H2,1-2H3/b8-4-,22-7+. The van der Waals surface area contributed by atoms with E-state index in [9.17, 15) is 0 Å². The molecule has 0 saturated heterocycles. The van der Waals surface area contributed by atoms with E-state index in [-0.39, 0.29) is 5.41 Å². The molecule has 9 rings (SSSR count). The van der Waals surface area contributed by atoms with Gasteiger partial charge in [0.1, 0.15) is 0 Å². The van der Waals surface area contributed by atoms with Crippen LogP contribution < -0.4 is 0 Å². The first-order valence-corrected chi connectivity index (χ1v) is 17.4. The highest BCUT2D eigenvalue weighted by Gasteiger charge is 2.49. The molecule has 0 spiro atoms. The summed E-state index contributed by atoms with van der Waals surface area (Å²) in [6.07, 6.45) is 18.8. The van der Waals surface area contributed by atoms with E-state index in [2.05, 4.69) is 140 Å². The van der Waals surface area contributed by atoms with Gasteiger partial charge >= 0.3 is 0 Å². The van der Waals surface area contributed by atoms with Crippen molar-refractivity contribution in [2.45, 2.75) is 37.5 Å². The summed E-state index contributed by atoms with van der Waals surface area (Å²) in [6.45, 7) is 4.94. The predicted molar refractivity (Wildman–Crippen MR) is 203 cm³/mol. The lowest BCUT2D eigenvalue weighted by Crippen LogP contribution is -2.25.